The van der Waals surface area contributed by atoms with Gasteiger partial charge < -0.3 is 29.4 Å². The third kappa shape index (κ3) is 5.61. The molecule has 1 aliphatic heterocycles. The van der Waals surface area contributed by atoms with E-state index in [0.717, 1.165) is 29.2 Å². The van der Waals surface area contributed by atoms with Gasteiger partial charge in [0, 0.05) is 12.6 Å². The largest absolute Gasteiger partial charge is 0.497 e. The van der Waals surface area contributed by atoms with E-state index in [-0.39, 0.29) is 11.5 Å². The van der Waals surface area contributed by atoms with Crippen LogP contribution in [0.2, 0.25) is 0 Å². The molecule has 1 unspecified atom stereocenters. The number of carboxylic acid groups (broad SMARTS) is 1. The molecule has 1 saturated heterocycles. The summed E-state index contributed by atoms with van der Waals surface area (Å²) >= 11 is 3.30. The van der Waals surface area contributed by atoms with E-state index in [9.17, 15) is 9.90 Å². The van der Waals surface area contributed by atoms with Gasteiger partial charge in [0.05, 0.1) is 25.4 Å². The van der Waals surface area contributed by atoms with Crippen molar-refractivity contribution in [2.24, 2.45) is 5.92 Å². The molecular formula is C22H28N6O4S2. The Labute approximate surface area is 205 Å². The Morgan fingerprint density at radius 2 is 2.18 bits per heavy atom. The number of aromatic nitrogens is 4. The van der Waals surface area contributed by atoms with E-state index in [2.05, 4.69) is 15.3 Å². The van der Waals surface area contributed by atoms with Crippen LogP contribution in [0, 0.1) is 11.3 Å². The predicted octanol–water partition coefficient (Wildman–Crippen LogP) is 3.58. The third-order valence-corrected chi connectivity index (χ3v) is 7.87. The molecule has 4 rings (SSSR count). The lowest BCUT2D eigenvalue weighted by atomic mass is 9.91. The minimum Gasteiger partial charge on any atom is -0.497 e. The average molecular weight is 505 g/mol. The Morgan fingerprint density at radius 1 is 1.38 bits per heavy atom. The fourth-order valence-corrected chi connectivity index (χ4v) is 6.19. The molecule has 0 aliphatic carbocycles. The Balaban J connectivity index is 1.58. The number of methoxy groups -OCH3 is 2. The highest BCUT2D eigenvalue weighted by molar-refractivity contribution is 7.99. The second-order valence-corrected chi connectivity index (χ2v) is 10.2. The van der Waals surface area contributed by atoms with Crippen molar-refractivity contribution < 1.29 is 19.4 Å². The number of aromatic amines is 1. The molecule has 12 heteroatoms. The molecule has 0 spiro atoms. The summed E-state index contributed by atoms with van der Waals surface area (Å²) in [6.07, 6.45) is 3.24. The molecule has 2 aromatic heterocycles. The maximum Gasteiger partial charge on any atom is 0.404 e. The zero-order valence-electron chi connectivity index (χ0n) is 19.0. The van der Waals surface area contributed by atoms with Gasteiger partial charge in [-0.15, -0.1) is 0 Å². The van der Waals surface area contributed by atoms with Gasteiger partial charge in [-0.1, -0.05) is 0 Å². The number of amides is 1. The lowest BCUT2D eigenvalue weighted by Gasteiger charge is -2.30. The number of rotatable bonds is 9. The maximum atomic E-state index is 11.4. The van der Waals surface area contributed by atoms with Gasteiger partial charge in [-0.05, 0) is 66.6 Å². The zero-order chi connectivity index (χ0) is 24.1. The monoisotopic (exact) mass is 504 g/mol. The number of H-pyrrole nitrogens is 1. The highest BCUT2D eigenvalue weighted by Gasteiger charge is 2.25. The predicted molar refractivity (Wildman–Crippen MR) is 131 cm³/mol. The summed E-state index contributed by atoms with van der Waals surface area (Å²) in [7, 11) is 3.22. The van der Waals surface area contributed by atoms with Crippen LogP contribution in [-0.4, -0.2) is 62.5 Å². The van der Waals surface area contributed by atoms with Crippen molar-refractivity contribution in [3.63, 3.8) is 0 Å². The molecule has 3 heterocycles. The highest BCUT2D eigenvalue weighted by Crippen LogP contribution is 2.36. The van der Waals surface area contributed by atoms with E-state index < -0.39 is 6.09 Å². The number of aryl methyl sites for hydroxylation is 1. The summed E-state index contributed by atoms with van der Waals surface area (Å²) in [6, 6.07) is 5.40. The summed E-state index contributed by atoms with van der Waals surface area (Å²) < 4.78 is 12.7. The van der Waals surface area contributed by atoms with Gasteiger partial charge in [-0.3, -0.25) is 5.41 Å². The molecule has 4 N–H and O–H groups in total. The van der Waals surface area contributed by atoms with E-state index in [1.807, 2.05) is 34.5 Å². The molecule has 0 saturated carbocycles. The van der Waals surface area contributed by atoms with Gasteiger partial charge in [-0.25, -0.2) is 14.8 Å². The number of imidazole rings is 1. The van der Waals surface area contributed by atoms with Gasteiger partial charge in [0.1, 0.15) is 17.0 Å². The van der Waals surface area contributed by atoms with Crippen LogP contribution in [0.5, 0.6) is 11.5 Å². The molecule has 1 aromatic carbocycles. The quantitative estimate of drug-likeness (QED) is 0.347. The number of thioether (sulfide) groups is 1. The number of fused-ring (bicyclic) bond motifs is 1. The molecule has 1 amide bonds. The first-order chi connectivity index (χ1) is 16.5. The molecule has 0 bridgehead atoms. The molecule has 182 valence electrons. The van der Waals surface area contributed by atoms with E-state index in [1.54, 1.807) is 20.5 Å². The van der Waals surface area contributed by atoms with Crippen molar-refractivity contribution in [1.29, 1.82) is 5.41 Å². The number of nitrogens with one attached hydrogen (secondary N) is 3. The van der Waals surface area contributed by atoms with Gasteiger partial charge >= 0.3 is 6.09 Å². The average Bonchev–Trinajstić information content (AvgIpc) is 3.27. The number of hydrogen-bond acceptors (Lipinski definition) is 8. The first kappa shape index (κ1) is 24.3. The van der Waals surface area contributed by atoms with E-state index >= 15 is 0 Å². The number of nitrogens with zero attached hydrogens (tertiary/aromatic N) is 3. The number of carbonyl (C=O) groups is 1. The minimum absolute atomic E-state index is 0.104. The Morgan fingerprint density at radius 3 is 2.88 bits per heavy atom. The van der Waals surface area contributed by atoms with Crippen molar-refractivity contribution in [3.05, 3.63) is 30.0 Å². The molecule has 10 nitrogen and oxygen atoms in total. The van der Waals surface area contributed by atoms with Crippen molar-refractivity contribution >= 4 is 40.8 Å². The first-order valence-electron chi connectivity index (χ1n) is 10.9. The minimum atomic E-state index is -0.997. The summed E-state index contributed by atoms with van der Waals surface area (Å²) in [5.41, 5.74) is 1.24. The summed E-state index contributed by atoms with van der Waals surface area (Å²) in [4.78, 5) is 24.3. The van der Waals surface area contributed by atoms with Crippen LogP contribution in [0.25, 0.3) is 11.2 Å². The zero-order valence-corrected chi connectivity index (χ0v) is 20.7. The normalized spacial score (nSPS) is 15.2. The van der Waals surface area contributed by atoms with Crippen LogP contribution in [0.4, 0.5) is 4.79 Å². The van der Waals surface area contributed by atoms with Crippen LogP contribution in [-0.2, 0) is 6.54 Å². The topological polar surface area (TPSA) is 138 Å². The molecule has 0 radical (unpaired) electrons. The lowest BCUT2D eigenvalue weighted by molar-refractivity contribution is 0.180. The second-order valence-electron chi connectivity index (χ2n) is 7.94. The van der Waals surface area contributed by atoms with Gasteiger partial charge in [0.25, 0.3) is 0 Å². The maximum absolute atomic E-state index is 11.4. The number of hydrogen-bond donors (Lipinski definition) is 4. The van der Waals surface area contributed by atoms with Gasteiger partial charge in [0.15, 0.2) is 16.3 Å². The molecule has 1 aliphatic rings. The van der Waals surface area contributed by atoms with Gasteiger partial charge in [0.2, 0.25) is 0 Å². The fraction of sp³-hybridized carbons (Fsp3) is 0.455. The molecular weight excluding hydrogens is 476 g/mol. The van der Waals surface area contributed by atoms with Gasteiger partial charge in [-0.2, -0.15) is 11.8 Å². The summed E-state index contributed by atoms with van der Waals surface area (Å²) in [6.45, 7) is 0.538. The first-order valence-corrected chi connectivity index (χ1v) is 12.9. The summed E-state index contributed by atoms with van der Waals surface area (Å²) in [5, 5.41) is 20.9. The molecule has 34 heavy (non-hydrogen) atoms. The molecule has 1 atom stereocenters. The third-order valence-electron chi connectivity index (χ3n) is 5.90. The molecule has 1 fully saturated rings. The van der Waals surface area contributed by atoms with Crippen LogP contribution in [0.1, 0.15) is 19.3 Å². The Kier molecular flexibility index (Phi) is 7.88. The van der Waals surface area contributed by atoms with Crippen molar-refractivity contribution in [2.75, 3.05) is 25.7 Å². The smallest absolute Gasteiger partial charge is 0.404 e. The summed E-state index contributed by atoms with van der Waals surface area (Å²) in [5.74, 6) is 3.83. The highest BCUT2D eigenvalue weighted by atomic mass is 32.2. The number of benzene rings is 1. The molecule has 3 aromatic rings. The van der Waals surface area contributed by atoms with E-state index in [1.165, 1.54) is 11.8 Å². The fourth-order valence-electron chi connectivity index (χ4n) is 4.12. The standard InChI is InChI=1S/C22H28N6O4S2/c1-31-14-3-4-16(32-2)17(11-14)34-21-26-18-19(23)24-12-28(20(18)27-21)8-5-15(25-22(29)30)13-6-9-33-10-7-13/h3-4,11-13,15,23,25H,5-10H2,1-2H3,(H,26,27)(H,29,30). The Bertz CT molecular complexity index is 1210. The Hall–Kier alpha value is -2.86. The van der Waals surface area contributed by atoms with Crippen LogP contribution >= 0.6 is 23.5 Å². The SMILES string of the molecule is COc1ccc(OC)c(Sc2nc3c([nH]2)c(=N)ncn3CCC(NC(=O)O)C2CCSCC2)c1. The van der Waals surface area contributed by atoms with Crippen LogP contribution in [0.3, 0.4) is 0 Å². The van der Waals surface area contributed by atoms with Crippen molar-refractivity contribution in [3.8, 4) is 11.5 Å². The van der Waals surface area contributed by atoms with E-state index in [4.69, 9.17) is 19.9 Å². The second kappa shape index (κ2) is 11.0. The van der Waals surface area contributed by atoms with Crippen LogP contribution in [0.15, 0.2) is 34.6 Å². The lowest BCUT2D eigenvalue weighted by Crippen LogP contribution is -2.41. The van der Waals surface area contributed by atoms with Crippen molar-refractivity contribution in [1.82, 2.24) is 24.8 Å². The number of ether oxygens (including phenoxy) is 2. The van der Waals surface area contributed by atoms with E-state index in [0.29, 0.717) is 46.7 Å². The van der Waals surface area contributed by atoms with Crippen molar-refractivity contribution in [2.45, 2.75) is 41.9 Å². The van der Waals surface area contributed by atoms with Crippen LogP contribution < -0.4 is 20.3 Å².